The van der Waals surface area contributed by atoms with Crippen molar-refractivity contribution >= 4 is 17.0 Å². The Kier molecular flexibility index (Phi) is 3.84. The fourth-order valence-corrected chi connectivity index (χ4v) is 2.89. The SMILES string of the molecule is Cc1nc2ccccc2nc1CN1CCCC(C(=O)O)C1. The Bertz CT molecular complexity index is 672. The first-order chi connectivity index (χ1) is 10.1. The van der Waals surface area contributed by atoms with Crippen LogP contribution < -0.4 is 0 Å². The Morgan fingerprint density at radius 3 is 2.76 bits per heavy atom. The number of piperidine rings is 1. The lowest BCUT2D eigenvalue weighted by Gasteiger charge is -2.30. The Morgan fingerprint density at radius 2 is 2.05 bits per heavy atom. The number of fused-ring (bicyclic) bond motifs is 1. The van der Waals surface area contributed by atoms with Crippen molar-refractivity contribution in [1.29, 1.82) is 0 Å². The molecule has 3 rings (SSSR count). The largest absolute Gasteiger partial charge is 0.481 e. The van der Waals surface area contributed by atoms with E-state index in [1.807, 2.05) is 31.2 Å². The molecule has 0 radical (unpaired) electrons. The molecule has 1 fully saturated rings. The van der Waals surface area contributed by atoms with Gasteiger partial charge in [0.15, 0.2) is 0 Å². The number of para-hydroxylation sites is 2. The number of aryl methyl sites for hydroxylation is 1. The van der Waals surface area contributed by atoms with Gasteiger partial charge in [-0.25, -0.2) is 9.97 Å². The van der Waals surface area contributed by atoms with Crippen molar-refractivity contribution in [2.45, 2.75) is 26.3 Å². The minimum Gasteiger partial charge on any atom is -0.481 e. The number of nitrogens with zero attached hydrogens (tertiary/aromatic N) is 3. The molecule has 21 heavy (non-hydrogen) atoms. The van der Waals surface area contributed by atoms with Gasteiger partial charge in [0.05, 0.1) is 28.3 Å². The molecule has 1 aromatic carbocycles. The summed E-state index contributed by atoms with van der Waals surface area (Å²) >= 11 is 0. The standard InChI is InChI=1S/C16H19N3O2/c1-11-15(18-14-7-3-2-6-13(14)17-11)10-19-8-4-5-12(9-19)16(20)21/h2-3,6-7,12H,4-5,8-10H2,1H3,(H,20,21). The third-order valence-electron chi connectivity index (χ3n) is 4.07. The summed E-state index contributed by atoms with van der Waals surface area (Å²) in [5.74, 6) is -0.950. The average molecular weight is 285 g/mol. The van der Waals surface area contributed by atoms with Crippen LogP contribution >= 0.6 is 0 Å². The highest BCUT2D eigenvalue weighted by Gasteiger charge is 2.25. The number of carboxylic acid groups (broad SMARTS) is 1. The summed E-state index contributed by atoms with van der Waals surface area (Å²) in [6.07, 6.45) is 1.70. The first-order valence-electron chi connectivity index (χ1n) is 7.31. The number of aliphatic carboxylic acids is 1. The van der Waals surface area contributed by atoms with Gasteiger partial charge in [-0.3, -0.25) is 9.69 Å². The van der Waals surface area contributed by atoms with Crippen molar-refractivity contribution < 1.29 is 9.90 Å². The number of hydrogen-bond donors (Lipinski definition) is 1. The lowest BCUT2D eigenvalue weighted by atomic mass is 9.98. The second-order valence-electron chi connectivity index (χ2n) is 5.66. The summed E-state index contributed by atoms with van der Waals surface area (Å²) < 4.78 is 0. The molecule has 2 heterocycles. The van der Waals surface area contributed by atoms with Gasteiger partial charge in [-0.15, -0.1) is 0 Å². The van der Waals surface area contributed by atoms with Gasteiger partial charge in [0.2, 0.25) is 0 Å². The minimum absolute atomic E-state index is 0.257. The molecule has 1 saturated heterocycles. The van der Waals surface area contributed by atoms with Crippen molar-refractivity contribution in [3.63, 3.8) is 0 Å². The third-order valence-corrected chi connectivity index (χ3v) is 4.07. The van der Waals surface area contributed by atoms with E-state index in [0.29, 0.717) is 13.1 Å². The highest BCUT2D eigenvalue weighted by Crippen LogP contribution is 2.20. The number of likely N-dealkylation sites (tertiary alicyclic amines) is 1. The van der Waals surface area contributed by atoms with Crippen LogP contribution in [0.15, 0.2) is 24.3 Å². The fraction of sp³-hybridized carbons (Fsp3) is 0.438. The molecule has 1 aliphatic rings. The lowest BCUT2D eigenvalue weighted by molar-refractivity contribution is -0.143. The summed E-state index contributed by atoms with van der Waals surface area (Å²) in [7, 11) is 0. The van der Waals surface area contributed by atoms with E-state index in [0.717, 1.165) is 41.8 Å². The molecule has 1 aromatic heterocycles. The number of carbonyl (C=O) groups is 1. The van der Waals surface area contributed by atoms with Crippen LogP contribution in [0.4, 0.5) is 0 Å². The van der Waals surface area contributed by atoms with E-state index in [1.54, 1.807) is 0 Å². The van der Waals surface area contributed by atoms with Crippen LogP contribution in [-0.2, 0) is 11.3 Å². The molecule has 5 heteroatoms. The normalized spacial score (nSPS) is 19.8. The van der Waals surface area contributed by atoms with Gasteiger partial charge in [-0.05, 0) is 38.4 Å². The van der Waals surface area contributed by atoms with E-state index in [9.17, 15) is 4.79 Å². The lowest BCUT2D eigenvalue weighted by Crippen LogP contribution is -2.38. The van der Waals surface area contributed by atoms with Crippen LogP contribution in [0.5, 0.6) is 0 Å². The summed E-state index contributed by atoms with van der Waals surface area (Å²) in [4.78, 5) is 22.6. The van der Waals surface area contributed by atoms with Gasteiger partial charge in [-0.1, -0.05) is 12.1 Å². The van der Waals surface area contributed by atoms with E-state index < -0.39 is 5.97 Å². The molecule has 1 aliphatic heterocycles. The highest BCUT2D eigenvalue weighted by atomic mass is 16.4. The molecule has 110 valence electrons. The minimum atomic E-state index is -0.694. The van der Waals surface area contributed by atoms with E-state index in [1.165, 1.54) is 0 Å². The molecule has 0 amide bonds. The molecule has 5 nitrogen and oxygen atoms in total. The average Bonchev–Trinajstić information content (AvgIpc) is 2.48. The monoisotopic (exact) mass is 285 g/mol. The van der Waals surface area contributed by atoms with E-state index >= 15 is 0 Å². The molecule has 0 saturated carbocycles. The number of hydrogen-bond acceptors (Lipinski definition) is 4. The van der Waals surface area contributed by atoms with Gasteiger partial charge in [0.25, 0.3) is 0 Å². The van der Waals surface area contributed by atoms with Crippen molar-refractivity contribution in [3.05, 3.63) is 35.7 Å². The second kappa shape index (κ2) is 5.77. The zero-order valence-corrected chi connectivity index (χ0v) is 12.1. The van der Waals surface area contributed by atoms with Gasteiger partial charge in [0, 0.05) is 13.1 Å². The predicted octanol–water partition coefficient (Wildman–Crippen LogP) is 2.23. The Balaban J connectivity index is 1.81. The zero-order chi connectivity index (χ0) is 14.8. The molecule has 2 aromatic rings. The number of benzene rings is 1. The van der Waals surface area contributed by atoms with Crippen molar-refractivity contribution in [2.75, 3.05) is 13.1 Å². The molecule has 0 spiro atoms. The maximum absolute atomic E-state index is 11.1. The number of rotatable bonds is 3. The molecule has 1 N–H and O–H groups in total. The van der Waals surface area contributed by atoms with Crippen molar-refractivity contribution in [2.24, 2.45) is 5.92 Å². The first-order valence-corrected chi connectivity index (χ1v) is 7.31. The van der Waals surface area contributed by atoms with Crippen LogP contribution in [0.1, 0.15) is 24.2 Å². The Morgan fingerprint density at radius 1 is 1.33 bits per heavy atom. The fourth-order valence-electron chi connectivity index (χ4n) is 2.89. The van der Waals surface area contributed by atoms with Crippen molar-refractivity contribution in [1.82, 2.24) is 14.9 Å². The molecule has 1 atom stereocenters. The zero-order valence-electron chi connectivity index (χ0n) is 12.1. The quantitative estimate of drug-likeness (QED) is 0.936. The van der Waals surface area contributed by atoms with Gasteiger partial charge >= 0.3 is 5.97 Å². The predicted molar refractivity (Wildman–Crippen MR) is 79.9 cm³/mol. The van der Waals surface area contributed by atoms with Gasteiger partial charge < -0.3 is 5.11 Å². The van der Waals surface area contributed by atoms with Crippen LogP contribution in [0, 0.1) is 12.8 Å². The van der Waals surface area contributed by atoms with Crippen LogP contribution in [0.25, 0.3) is 11.0 Å². The molecule has 0 bridgehead atoms. The molecular weight excluding hydrogens is 266 g/mol. The first kappa shape index (κ1) is 13.9. The highest BCUT2D eigenvalue weighted by molar-refractivity contribution is 5.74. The molecule has 0 aliphatic carbocycles. The van der Waals surface area contributed by atoms with Gasteiger partial charge in [-0.2, -0.15) is 0 Å². The molecular formula is C16H19N3O2. The van der Waals surface area contributed by atoms with Crippen molar-refractivity contribution in [3.8, 4) is 0 Å². The maximum atomic E-state index is 11.1. The third kappa shape index (κ3) is 3.03. The topological polar surface area (TPSA) is 66.3 Å². The van der Waals surface area contributed by atoms with E-state index in [-0.39, 0.29) is 5.92 Å². The molecule has 1 unspecified atom stereocenters. The van der Waals surface area contributed by atoms with Crippen LogP contribution in [0.2, 0.25) is 0 Å². The number of carboxylic acids is 1. The summed E-state index contributed by atoms with van der Waals surface area (Å²) in [5.41, 5.74) is 3.66. The number of aromatic nitrogens is 2. The van der Waals surface area contributed by atoms with E-state index in [2.05, 4.69) is 14.9 Å². The van der Waals surface area contributed by atoms with Crippen LogP contribution in [0.3, 0.4) is 0 Å². The second-order valence-corrected chi connectivity index (χ2v) is 5.66. The van der Waals surface area contributed by atoms with Crippen LogP contribution in [-0.4, -0.2) is 39.0 Å². The maximum Gasteiger partial charge on any atom is 0.307 e. The summed E-state index contributed by atoms with van der Waals surface area (Å²) in [5, 5.41) is 9.16. The Hall–Kier alpha value is -2.01. The van der Waals surface area contributed by atoms with E-state index in [4.69, 9.17) is 5.11 Å². The summed E-state index contributed by atoms with van der Waals surface area (Å²) in [6.45, 7) is 4.17. The smallest absolute Gasteiger partial charge is 0.307 e. The Labute approximate surface area is 123 Å². The summed E-state index contributed by atoms with van der Waals surface area (Å²) in [6, 6.07) is 7.83. The van der Waals surface area contributed by atoms with Gasteiger partial charge in [0.1, 0.15) is 0 Å².